The predicted octanol–water partition coefficient (Wildman–Crippen LogP) is 5.05. The van der Waals surface area contributed by atoms with Gasteiger partial charge in [-0.2, -0.15) is 0 Å². The molecular formula is C22H22F3N3O3. The van der Waals surface area contributed by atoms with Crippen LogP contribution in [0.25, 0.3) is 16.6 Å². The summed E-state index contributed by atoms with van der Waals surface area (Å²) in [5.74, 6) is -0.742. The van der Waals surface area contributed by atoms with Crippen LogP contribution in [0.3, 0.4) is 0 Å². The molecule has 1 atom stereocenters. The predicted molar refractivity (Wildman–Crippen MR) is 110 cm³/mol. The monoisotopic (exact) mass is 433 g/mol. The van der Waals surface area contributed by atoms with Gasteiger partial charge in [-0.1, -0.05) is 18.2 Å². The number of hydrogen-bond donors (Lipinski definition) is 1. The maximum atomic E-state index is 14.4. The lowest BCUT2D eigenvalue weighted by Crippen LogP contribution is -2.37. The zero-order valence-electron chi connectivity index (χ0n) is 17.4. The highest BCUT2D eigenvalue weighted by molar-refractivity contribution is 5.79. The number of alkyl carbamates (subject to hydrolysis) is 1. The van der Waals surface area contributed by atoms with Crippen LogP contribution in [0.2, 0.25) is 0 Å². The molecule has 9 heteroatoms. The molecule has 0 saturated heterocycles. The van der Waals surface area contributed by atoms with Gasteiger partial charge in [0.2, 0.25) is 0 Å². The number of hydrogen-bond acceptors (Lipinski definition) is 4. The molecule has 1 heterocycles. The molecule has 2 aromatic carbocycles. The van der Waals surface area contributed by atoms with Gasteiger partial charge in [0.15, 0.2) is 0 Å². The van der Waals surface area contributed by atoms with Crippen molar-refractivity contribution in [2.45, 2.75) is 45.8 Å². The number of alkyl halides is 2. The van der Waals surface area contributed by atoms with Crippen LogP contribution in [0.15, 0.2) is 47.3 Å². The van der Waals surface area contributed by atoms with Gasteiger partial charge < -0.3 is 10.1 Å². The number of carbonyl (C=O) groups is 1. The van der Waals surface area contributed by atoms with Gasteiger partial charge in [-0.25, -0.2) is 22.9 Å². The smallest absolute Gasteiger partial charge is 0.408 e. The Hall–Kier alpha value is -3.36. The first-order valence-electron chi connectivity index (χ1n) is 9.57. The number of nitrogens with zero attached hydrogens (tertiary/aromatic N) is 2. The fraction of sp³-hybridized carbons (Fsp3) is 0.318. The van der Waals surface area contributed by atoms with Crippen LogP contribution in [0.5, 0.6) is 0 Å². The topological polar surface area (TPSA) is 73.2 Å². The Morgan fingerprint density at radius 1 is 1.16 bits per heavy atom. The van der Waals surface area contributed by atoms with E-state index in [1.54, 1.807) is 27.7 Å². The van der Waals surface area contributed by atoms with Crippen molar-refractivity contribution in [1.82, 2.24) is 14.9 Å². The van der Waals surface area contributed by atoms with Gasteiger partial charge in [-0.15, -0.1) is 0 Å². The average Bonchev–Trinajstić information content (AvgIpc) is 2.66. The summed E-state index contributed by atoms with van der Waals surface area (Å²) in [5, 5.41) is 2.30. The van der Waals surface area contributed by atoms with Crippen LogP contribution in [0.1, 0.15) is 51.6 Å². The molecule has 1 amide bonds. The Balaban J connectivity index is 2.20. The third-order valence-corrected chi connectivity index (χ3v) is 4.37. The Kier molecular flexibility index (Phi) is 6.06. The van der Waals surface area contributed by atoms with E-state index >= 15 is 0 Å². The van der Waals surface area contributed by atoms with Crippen molar-refractivity contribution in [3.8, 4) is 5.69 Å². The number of rotatable bonds is 4. The molecular weight excluding hydrogens is 411 g/mol. The molecule has 6 nitrogen and oxygen atoms in total. The summed E-state index contributed by atoms with van der Waals surface area (Å²) in [6.45, 7) is 6.64. The minimum atomic E-state index is -2.76. The fourth-order valence-corrected chi connectivity index (χ4v) is 3.10. The van der Waals surface area contributed by atoms with E-state index in [0.29, 0.717) is 0 Å². The van der Waals surface area contributed by atoms with Gasteiger partial charge >= 0.3 is 6.09 Å². The van der Waals surface area contributed by atoms with Gasteiger partial charge in [-0.05, 0) is 52.0 Å². The van der Waals surface area contributed by atoms with Crippen molar-refractivity contribution in [2.75, 3.05) is 0 Å². The molecule has 0 spiro atoms. The number of fused-ring (bicyclic) bond motifs is 1. The minimum absolute atomic E-state index is 0.0420. The van der Waals surface area contributed by atoms with Crippen molar-refractivity contribution < 1.29 is 22.7 Å². The zero-order chi connectivity index (χ0) is 22.9. The van der Waals surface area contributed by atoms with Crippen molar-refractivity contribution >= 4 is 17.0 Å². The fourth-order valence-electron chi connectivity index (χ4n) is 3.10. The first kappa shape index (κ1) is 22.3. The minimum Gasteiger partial charge on any atom is -0.444 e. The Morgan fingerprint density at radius 3 is 2.48 bits per heavy atom. The third-order valence-electron chi connectivity index (χ3n) is 4.37. The summed E-state index contributed by atoms with van der Waals surface area (Å²) in [7, 11) is 0. The zero-order valence-corrected chi connectivity index (χ0v) is 17.4. The second-order valence-electron chi connectivity index (χ2n) is 8.01. The summed E-state index contributed by atoms with van der Waals surface area (Å²) >= 11 is 0. The van der Waals surface area contributed by atoms with Crippen LogP contribution in [-0.2, 0) is 4.74 Å². The highest BCUT2D eigenvalue weighted by atomic mass is 19.3. The number of ether oxygens (including phenoxy) is 1. The normalized spacial score (nSPS) is 12.8. The van der Waals surface area contributed by atoms with Crippen molar-refractivity contribution in [3.63, 3.8) is 0 Å². The van der Waals surface area contributed by atoms with Crippen LogP contribution in [0, 0.1) is 5.82 Å². The molecule has 31 heavy (non-hydrogen) atoms. The number of halogens is 3. The van der Waals surface area contributed by atoms with Gasteiger partial charge in [0.1, 0.15) is 22.6 Å². The second-order valence-corrected chi connectivity index (χ2v) is 8.01. The van der Waals surface area contributed by atoms with Crippen LogP contribution in [-0.4, -0.2) is 21.2 Å². The van der Waals surface area contributed by atoms with E-state index in [1.165, 1.54) is 30.3 Å². The van der Waals surface area contributed by atoms with E-state index in [4.69, 9.17) is 4.74 Å². The largest absolute Gasteiger partial charge is 0.444 e. The van der Waals surface area contributed by atoms with E-state index < -0.39 is 35.5 Å². The Bertz CT molecular complexity index is 1190. The summed E-state index contributed by atoms with van der Waals surface area (Å²) in [5.41, 5.74) is -1.68. The molecule has 0 radical (unpaired) electrons. The summed E-state index contributed by atoms with van der Waals surface area (Å²) in [6.07, 6.45) is -3.51. The van der Waals surface area contributed by atoms with E-state index in [0.717, 1.165) is 16.7 Å². The first-order chi connectivity index (χ1) is 14.5. The highest BCUT2D eigenvalue weighted by Gasteiger charge is 2.24. The lowest BCUT2D eigenvalue weighted by Gasteiger charge is -2.23. The second kappa shape index (κ2) is 8.41. The third kappa shape index (κ3) is 4.87. The average molecular weight is 433 g/mol. The van der Waals surface area contributed by atoms with Crippen molar-refractivity contribution in [1.29, 1.82) is 0 Å². The Labute approximate surface area is 176 Å². The molecule has 0 aliphatic rings. The molecule has 1 unspecified atom stereocenters. The van der Waals surface area contributed by atoms with Crippen LogP contribution >= 0.6 is 0 Å². The lowest BCUT2D eigenvalue weighted by atomic mass is 10.1. The number of nitrogens with one attached hydrogen (secondary N) is 1. The standard InChI is InChI=1S/C22H22F3N3O3/c1-12(26-21(30)31-22(2,3)4)19-27-16-10-6-9-15(23)17(16)20(29)28(19)14-8-5-7-13(11-14)18(24)25/h5-12,18H,1-4H3,(H,26,30). The molecule has 0 saturated carbocycles. The van der Waals surface area contributed by atoms with E-state index in [2.05, 4.69) is 10.3 Å². The van der Waals surface area contributed by atoms with Gasteiger partial charge in [0, 0.05) is 5.56 Å². The van der Waals surface area contributed by atoms with E-state index in [9.17, 15) is 22.8 Å². The molecule has 164 valence electrons. The summed E-state index contributed by atoms with van der Waals surface area (Å²) < 4.78 is 47.1. The summed E-state index contributed by atoms with van der Waals surface area (Å²) in [6, 6.07) is 8.28. The molecule has 1 N–H and O–H groups in total. The molecule has 0 fully saturated rings. The van der Waals surface area contributed by atoms with E-state index in [-0.39, 0.29) is 28.0 Å². The van der Waals surface area contributed by atoms with Crippen molar-refractivity contribution in [2.24, 2.45) is 0 Å². The lowest BCUT2D eigenvalue weighted by molar-refractivity contribution is 0.0505. The molecule has 0 aliphatic carbocycles. The highest BCUT2D eigenvalue weighted by Crippen LogP contribution is 2.24. The molecule has 1 aromatic heterocycles. The molecule has 0 bridgehead atoms. The number of benzene rings is 2. The molecule has 3 rings (SSSR count). The number of carbonyl (C=O) groups excluding carboxylic acids is 1. The van der Waals surface area contributed by atoms with E-state index in [1.807, 2.05) is 0 Å². The van der Waals surface area contributed by atoms with Crippen LogP contribution < -0.4 is 10.9 Å². The van der Waals surface area contributed by atoms with Crippen molar-refractivity contribution in [3.05, 3.63) is 70.0 Å². The number of aromatic nitrogens is 2. The molecule has 3 aromatic rings. The summed E-state index contributed by atoms with van der Waals surface area (Å²) in [4.78, 5) is 29.8. The maximum absolute atomic E-state index is 14.4. The number of amides is 1. The SMILES string of the molecule is CC(NC(=O)OC(C)(C)C)c1nc2cccc(F)c2c(=O)n1-c1cccc(C(F)F)c1. The van der Waals surface area contributed by atoms with Gasteiger partial charge in [0.25, 0.3) is 12.0 Å². The Morgan fingerprint density at radius 2 is 1.84 bits per heavy atom. The van der Waals surface area contributed by atoms with Crippen LogP contribution in [0.4, 0.5) is 18.0 Å². The maximum Gasteiger partial charge on any atom is 0.408 e. The first-order valence-corrected chi connectivity index (χ1v) is 9.57. The van der Waals surface area contributed by atoms with Gasteiger partial charge in [0.05, 0.1) is 17.2 Å². The quantitative estimate of drug-likeness (QED) is 0.625. The molecule has 0 aliphatic heterocycles. The van der Waals surface area contributed by atoms with Gasteiger partial charge in [-0.3, -0.25) is 9.36 Å².